The van der Waals surface area contributed by atoms with Crippen LogP contribution in [-0.4, -0.2) is 11.7 Å². The molecule has 0 unspecified atom stereocenters. The molecular formula is C9H9FN2O. The number of nitrogens with zero attached hydrogens (tertiary/aromatic N) is 1. The summed E-state index contributed by atoms with van der Waals surface area (Å²) in [7, 11) is 0. The zero-order valence-electron chi connectivity index (χ0n) is 7.17. The van der Waals surface area contributed by atoms with Crippen molar-refractivity contribution in [2.24, 2.45) is 0 Å². The number of hydrogen-bond donors (Lipinski definition) is 1. The number of hydrogen-bond acceptors (Lipinski definition) is 3. The Balaban J connectivity index is 2.64. The molecule has 0 saturated heterocycles. The summed E-state index contributed by atoms with van der Waals surface area (Å²) < 4.78 is 18.2. The van der Waals surface area contributed by atoms with E-state index in [4.69, 9.17) is 4.52 Å². The van der Waals surface area contributed by atoms with Gasteiger partial charge in [0.1, 0.15) is 11.2 Å². The van der Waals surface area contributed by atoms with Gasteiger partial charge in [-0.2, -0.15) is 0 Å². The molecule has 3 nitrogen and oxygen atoms in total. The third kappa shape index (κ3) is 1.24. The van der Waals surface area contributed by atoms with Gasteiger partial charge in [-0.15, -0.1) is 0 Å². The molecule has 0 bridgehead atoms. The standard InChI is InChI=1S/C9H9FN2O/c1-2-11-9-8-6(10)4-3-5-7(8)13-12-9/h3-5H,2H2,1H3,(H,11,12). The minimum atomic E-state index is -0.310. The van der Waals surface area contributed by atoms with Crippen LogP contribution in [0.5, 0.6) is 0 Å². The first kappa shape index (κ1) is 8.04. The molecule has 0 radical (unpaired) electrons. The topological polar surface area (TPSA) is 38.1 Å². The van der Waals surface area contributed by atoms with E-state index < -0.39 is 0 Å². The van der Waals surface area contributed by atoms with Crippen LogP contribution in [0.1, 0.15) is 6.92 Å². The van der Waals surface area contributed by atoms with Crippen LogP contribution in [0, 0.1) is 5.82 Å². The maximum absolute atomic E-state index is 13.3. The van der Waals surface area contributed by atoms with Crippen LogP contribution in [0.4, 0.5) is 10.2 Å². The van der Waals surface area contributed by atoms with Crippen molar-refractivity contribution in [1.29, 1.82) is 0 Å². The van der Waals surface area contributed by atoms with Crippen molar-refractivity contribution >= 4 is 16.8 Å². The lowest BCUT2D eigenvalue weighted by atomic mass is 10.2. The fraction of sp³-hybridized carbons (Fsp3) is 0.222. The van der Waals surface area contributed by atoms with Crippen molar-refractivity contribution in [3.63, 3.8) is 0 Å². The number of benzene rings is 1. The fourth-order valence-electron chi connectivity index (χ4n) is 1.24. The van der Waals surface area contributed by atoms with Crippen molar-refractivity contribution < 1.29 is 8.91 Å². The molecule has 0 atom stereocenters. The lowest BCUT2D eigenvalue weighted by molar-refractivity contribution is 0.459. The van der Waals surface area contributed by atoms with Crippen molar-refractivity contribution in [3.8, 4) is 0 Å². The molecule has 1 aromatic carbocycles. The first-order chi connectivity index (χ1) is 6.33. The van der Waals surface area contributed by atoms with Gasteiger partial charge in [-0.3, -0.25) is 0 Å². The van der Waals surface area contributed by atoms with E-state index in [1.165, 1.54) is 6.07 Å². The van der Waals surface area contributed by atoms with E-state index in [-0.39, 0.29) is 5.82 Å². The Bertz CT molecular complexity index is 424. The molecule has 1 heterocycles. The number of fused-ring (bicyclic) bond motifs is 1. The normalized spacial score (nSPS) is 10.6. The average molecular weight is 180 g/mol. The van der Waals surface area contributed by atoms with Crippen molar-refractivity contribution in [2.45, 2.75) is 6.92 Å². The third-order valence-corrected chi connectivity index (χ3v) is 1.79. The van der Waals surface area contributed by atoms with Crippen LogP contribution < -0.4 is 5.32 Å². The highest BCUT2D eigenvalue weighted by Gasteiger charge is 2.10. The Kier molecular flexibility index (Phi) is 1.88. The Labute approximate surface area is 74.5 Å². The summed E-state index contributed by atoms with van der Waals surface area (Å²) in [6.07, 6.45) is 0. The van der Waals surface area contributed by atoms with Crippen molar-refractivity contribution in [2.75, 3.05) is 11.9 Å². The second-order valence-electron chi connectivity index (χ2n) is 2.67. The monoisotopic (exact) mass is 180 g/mol. The maximum atomic E-state index is 13.3. The zero-order chi connectivity index (χ0) is 9.26. The Morgan fingerprint density at radius 2 is 2.38 bits per heavy atom. The van der Waals surface area contributed by atoms with Crippen LogP contribution in [0.3, 0.4) is 0 Å². The first-order valence-electron chi connectivity index (χ1n) is 4.10. The van der Waals surface area contributed by atoms with E-state index in [1.807, 2.05) is 6.92 Å². The van der Waals surface area contributed by atoms with Crippen LogP contribution in [0.15, 0.2) is 22.7 Å². The molecular weight excluding hydrogens is 171 g/mol. The second-order valence-corrected chi connectivity index (χ2v) is 2.67. The number of rotatable bonds is 2. The molecule has 0 aliphatic heterocycles. The average Bonchev–Trinajstić information content (AvgIpc) is 2.51. The van der Waals surface area contributed by atoms with Gasteiger partial charge in [-0.25, -0.2) is 4.39 Å². The molecule has 1 aromatic heterocycles. The molecule has 0 spiro atoms. The van der Waals surface area contributed by atoms with Gasteiger partial charge in [0.05, 0.1) is 0 Å². The van der Waals surface area contributed by atoms with E-state index in [9.17, 15) is 4.39 Å². The second kappa shape index (κ2) is 3.05. The largest absolute Gasteiger partial charge is 0.367 e. The van der Waals surface area contributed by atoms with Gasteiger partial charge in [0.15, 0.2) is 11.4 Å². The maximum Gasteiger partial charge on any atom is 0.180 e. The van der Waals surface area contributed by atoms with Gasteiger partial charge in [-0.05, 0) is 19.1 Å². The molecule has 2 aromatic rings. The van der Waals surface area contributed by atoms with E-state index in [1.54, 1.807) is 12.1 Å². The summed E-state index contributed by atoms with van der Waals surface area (Å²) in [6.45, 7) is 2.61. The van der Waals surface area contributed by atoms with Crippen LogP contribution in [0.25, 0.3) is 11.0 Å². The summed E-state index contributed by atoms with van der Waals surface area (Å²) in [5.74, 6) is 0.158. The Morgan fingerprint density at radius 1 is 1.54 bits per heavy atom. The molecule has 2 rings (SSSR count). The van der Waals surface area contributed by atoms with Crippen LogP contribution in [0.2, 0.25) is 0 Å². The molecule has 0 aliphatic rings. The van der Waals surface area contributed by atoms with E-state index >= 15 is 0 Å². The van der Waals surface area contributed by atoms with Gasteiger partial charge in [0.25, 0.3) is 0 Å². The molecule has 0 amide bonds. The molecule has 0 saturated carbocycles. The highest BCUT2D eigenvalue weighted by molar-refractivity contribution is 5.88. The SMILES string of the molecule is CCNc1noc2cccc(F)c12. The summed E-state index contributed by atoms with van der Waals surface area (Å²) in [4.78, 5) is 0. The molecule has 1 N–H and O–H groups in total. The van der Waals surface area contributed by atoms with Gasteiger partial charge in [0.2, 0.25) is 0 Å². The summed E-state index contributed by atoms with van der Waals surface area (Å²) in [6, 6.07) is 4.67. The number of aromatic nitrogens is 1. The summed E-state index contributed by atoms with van der Waals surface area (Å²) in [5, 5.41) is 7.07. The minimum absolute atomic E-state index is 0.310. The van der Waals surface area contributed by atoms with Gasteiger partial charge < -0.3 is 9.84 Å². The van der Waals surface area contributed by atoms with Crippen molar-refractivity contribution in [1.82, 2.24) is 5.16 Å². The first-order valence-corrected chi connectivity index (χ1v) is 4.10. The molecule has 0 fully saturated rings. The Hall–Kier alpha value is -1.58. The smallest absolute Gasteiger partial charge is 0.180 e. The van der Waals surface area contributed by atoms with Gasteiger partial charge in [-0.1, -0.05) is 11.2 Å². The molecule has 0 aliphatic carbocycles. The molecule has 13 heavy (non-hydrogen) atoms. The highest BCUT2D eigenvalue weighted by Crippen LogP contribution is 2.24. The minimum Gasteiger partial charge on any atom is -0.367 e. The fourth-order valence-corrected chi connectivity index (χ4v) is 1.24. The quantitative estimate of drug-likeness (QED) is 0.771. The van der Waals surface area contributed by atoms with Gasteiger partial charge in [0, 0.05) is 6.54 Å². The van der Waals surface area contributed by atoms with Crippen LogP contribution >= 0.6 is 0 Å². The third-order valence-electron chi connectivity index (χ3n) is 1.79. The lowest BCUT2D eigenvalue weighted by Crippen LogP contribution is -1.97. The van der Waals surface area contributed by atoms with Crippen molar-refractivity contribution in [3.05, 3.63) is 24.0 Å². The molecule has 68 valence electrons. The lowest BCUT2D eigenvalue weighted by Gasteiger charge is -1.96. The predicted molar refractivity (Wildman–Crippen MR) is 48.1 cm³/mol. The van der Waals surface area contributed by atoms with E-state index in [0.29, 0.717) is 23.3 Å². The van der Waals surface area contributed by atoms with E-state index in [2.05, 4.69) is 10.5 Å². The Morgan fingerprint density at radius 3 is 3.15 bits per heavy atom. The zero-order valence-corrected chi connectivity index (χ0v) is 7.17. The summed E-state index contributed by atoms with van der Waals surface area (Å²) in [5.41, 5.74) is 0.468. The van der Waals surface area contributed by atoms with E-state index in [0.717, 1.165) is 0 Å². The number of halogens is 1. The molecule has 4 heteroatoms. The summed E-state index contributed by atoms with van der Waals surface area (Å²) >= 11 is 0. The van der Waals surface area contributed by atoms with Crippen LogP contribution in [-0.2, 0) is 0 Å². The number of nitrogens with one attached hydrogen (secondary N) is 1. The highest BCUT2D eigenvalue weighted by atomic mass is 19.1. The van der Waals surface area contributed by atoms with Gasteiger partial charge >= 0.3 is 0 Å². The number of anilines is 1. The predicted octanol–water partition coefficient (Wildman–Crippen LogP) is 2.40.